The first-order chi connectivity index (χ1) is 15.8. The summed E-state index contributed by atoms with van der Waals surface area (Å²) in [5.74, 6) is -0.403. The molecule has 6 rings (SSSR count). The van der Waals surface area contributed by atoms with Gasteiger partial charge in [-0.2, -0.15) is 0 Å². The number of aromatic nitrogens is 2. The summed E-state index contributed by atoms with van der Waals surface area (Å²) in [6.07, 6.45) is 2.18. The molecule has 32 heavy (non-hydrogen) atoms. The molecular weight excluding hydrogens is 396 g/mol. The topological polar surface area (TPSA) is 44.1 Å². The number of aryl methyl sites for hydroxylation is 2. The van der Waals surface area contributed by atoms with Crippen molar-refractivity contribution in [1.29, 1.82) is 0 Å². The van der Waals surface area contributed by atoms with E-state index in [1.54, 1.807) is 0 Å². The minimum Gasteiger partial charge on any atom is -0.456 e. The van der Waals surface area contributed by atoms with Gasteiger partial charge in [-0.3, -0.25) is 0 Å². The molecular formula is C28H22N2O2. The predicted octanol–water partition coefficient (Wildman–Crippen LogP) is 6.16. The third kappa shape index (κ3) is 3.07. The zero-order valence-electron chi connectivity index (χ0n) is 17.6. The largest absolute Gasteiger partial charge is 0.456 e. The summed E-state index contributed by atoms with van der Waals surface area (Å²) in [5, 5.41) is 2.23. The van der Waals surface area contributed by atoms with Crippen LogP contribution in [0.3, 0.4) is 0 Å². The van der Waals surface area contributed by atoms with Crippen LogP contribution < -0.4 is 0 Å². The zero-order valence-corrected chi connectivity index (χ0v) is 17.6. The van der Waals surface area contributed by atoms with Gasteiger partial charge >= 0.3 is 5.97 Å². The highest BCUT2D eigenvalue weighted by atomic mass is 16.5. The van der Waals surface area contributed by atoms with Crippen LogP contribution in [-0.4, -0.2) is 15.5 Å². The number of nitrogens with zero attached hydrogens (tertiary/aromatic N) is 2. The molecule has 3 aromatic carbocycles. The van der Waals surface area contributed by atoms with Crippen molar-refractivity contribution in [3.63, 3.8) is 0 Å². The Bertz CT molecular complexity index is 1450. The quantitative estimate of drug-likeness (QED) is 0.328. The number of para-hydroxylation sites is 1. The Balaban J connectivity index is 1.54. The number of rotatable bonds is 4. The number of benzene rings is 3. The van der Waals surface area contributed by atoms with Crippen LogP contribution in [0.5, 0.6) is 0 Å². The molecule has 5 aromatic rings. The van der Waals surface area contributed by atoms with E-state index in [9.17, 15) is 4.79 Å². The van der Waals surface area contributed by atoms with Crippen LogP contribution in [0.25, 0.3) is 33.1 Å². The first-order valence-electron chi connectivity index (χ1n) is 11.0. The van der Waals surface area contributed by atoms with Crippen molar-refractivity contribution >= 4 is 27.8 Å². The molecule has 0 amide bonds. The van der Waals surface area contributed by atoms with E-state index in [2.05, 4.69) is 34.9 Å². The molecule has 0 saturated carbocycles. The molecule has 1 aliphatic heterocycles. The molecule has 0 spiro atoms. The molecule has 3 heterocycles. The maximum Gasteiger partial charge on any atom is 0.357 e. The lowest BCUT2D eigenvalue weighted by atomic mass is 10.0. The van der Waals surface area contributed by atoms with E-state index in [0.717, 1.165) is 47.1 Å². The minimum absolute atomic E-state index is 0.228. The second-order valence-corrected chi connectivity index (χ2v) is 8.25. The minimum atomic E-state index is -0.403. The van der Waals surface area contributed by atoms with Crippen LogP contribution in [0.1, 0.15) is 28.0 Å². The predicted molar refractivity (Wildman–Crippen MR) is 127 cm³/mol. The first-order valence-corrected chi connectivity index (χ1v) is 11.0. The normalized spacial score (nSPS) is 12.9. The zero-order chi connectivity index (χ0) is 21.5. The SMILES string of the molecule is O=C(OCc1ccccc1)c1cc2c3cccc4c3n(c2c(-c2ccccc2)n1)CCC4. The third-order valence-corrected chi connectivity index (χ3v) is 6.24. The molecule has 4 nitrogen and oxygen atoms in total. The van der Waals surface area contributed by atoms with Crippen molar-refractivity contribution in [3.05, 3.63) is 102 Å². The van der Waals surface area contributed by atoms with E-state index in [1.807, 2.05) is 54.6 Å². The van der Waals surface area contributed by atoms with E-state index in [1.165, 1.54) is 16.5 Å². The van der Waals surface area contributed by atoms with Crippen molar-refractivity contribution < 1.29 is 9.53 Å². The fourth-order valence-corrected chi connectivity index (χ4v) is 4.81. The molecule has 1 aliphatic rings. The lowest BCUT2D eigenvalue weighted by molar-refractivity contribution is 0.0466. The van der Waals surface area contributed by atoms with Gasteiger partial charge in [0.2, 0.25) is 0 Å². The van der Waals surface area contributed by atoms with Gasteiger partial charge in [0, 0.05) is 22.9 Å². The number of ether oxygens (including phenoxy) is 1. The number of hydrogen-bond acceptors (Lipinski definition) is 3. The molecule has 0 unspecified atom stereocenters. The number of hydrogen-bond donors (Lipinski definition) is 0. The second kappa shape index (κ2) is 7.65. The van der Waals surface area contributed by atoms with Gasteiger partial charge in [0.05, 0.1) is 16.7 Å². The van der Waals surface area contributed by atoms with Crippen molar-refractivity contribution in [2.75, 3.05) is 0 Å². The second-order valence-electron chi connectivity index (χ2n) is 8.25. The highest BCUT2D eigenvalue weighted by Crippen LogP contribution is 2.39. The average Bonchev–Trinajstić information content (AvgIpc) is 3.19. The van der Waals surface area contributed by atoms with E-state index >= 15 is 0 Å². The maximum absolute atomic E-state index is 13.0. The Kier molecular flexibility index (Phi) is 4.50. The Labute approximate surface area is 186 Å². The highest BCUT2D eigenvalue weighted by molar-refractivity contribution is 6.14. The number of carbonyl (C=O) groups excluding carboxylic acids is 1. The van der Waals surface area contributed by atoms with E-state index < -0.39 is 5.97 Å². The summed E-state index contributed by atoms with van der Waals surface area (Å²) < 4.78 is 8.01. The molecule has 156 valence electrons. The van der Waals surface area contributed by atoms with Gasteiger partial charge in [0.25, 0.3) is 0 Å². The van der Waals surface area contributed by atoms with Crippen LogP contribution in [0.15, 0.2) is 84.9 Å². The fourth-order valence-electron chi connectivity index (χ4n) is 4.81. The van der Waals surface area contributed by atoms with Crippen LogP contribution in [-0.2, 0) is 24.3 Å². The summed E-state index contributed by atoms with van der Waals surface area (Å²) in [7, 11) is 0. The molecule has 0 bridgehead atoms. The van der Waals surface area contributed by atoms with Crippen LogP contribution in [0.4, 0.5) is 0 Å². The monoisotopic (exact) mass is 418 g/mol. The molecule has 0 fully saturated rings. The molecule has 0 atom stereocenters. The number of fused-ring (bicyclic) bond motifs is 3. The lowest BCUT2D eigenvalue weighted by Crippen LogP contribution is -2.10. The number of carbonyl (C=O) groups is 1. The lowest BCUT2D eigenvalue weighted by Gasteiger charge is -2.17. The van der Waals surface area contributed by atoms with E-state index in [4.69, 9.17) is 9.72 Å². The molecule has 0 N–H and O–H groups in total. The Hall–Kier alpha value is -3.92. The van der Waals surface area contributed by atoms with Crippen LogP contribution >= 0.6 is 0 Å². The summed E-state index contributed by atoms with van der Waals surface area (Å²) in [6, 6.07) is 28.2. The van der Waals surface area contributed by atoms with Gasteiger partial charge < -0.3 is 9.30 Å². The first kappa shape index (κ1) is 18.8. The molecule has 0 saturated heterocycles. The summed E-state index contributed by atoms with van der Waals surface area (Å²) in [5.41, 5.74) is 6.85. The van der Waals surface area contributed by atoms with Crippen molar-refractivity contribution in [2.24, 2.45) is 0 Å². The van der Waals surface area contributed by atoms with Crippen LogP contribution in [0.2, 0.25) is 0 Å². The van der Waals surface area contributed by atoms with Crippen LogP contribution in [0, 0.1) is 0 Å². The molecule has 0 aliphatic carbocycles. The van der Waals surface area contributed by atoms with E-state index in [0.29, 0.717) is 5.69 Å². The van der Waals surface area contributed by atoms with Gasteiger partial charge in [-0.05, 0) is 30.0 Å². The van der Waals surface area contributed by atoms with Crippen molar-refractivity contribution in [3.8, 4) is 11.3 Å². The smallest absolute Gasteiger partial charge is 0.357 e. The van der Waals surface area contributed by atoms with Gasteiger partial charge in [0.1, 0.15) is 12.3 Å². The van der Waals surface area contributed by atoms with Crippen molar-refractivity contribution in [1.82, 2.24) is 9.55 Å². The molecule has 0 radical (unpaired) electrons. The summed E-state index contributed by atoms with van der Waals surface area (Å²) in [4.78, 5) is 17.9. The summed E-state index contributed by atoms with van der Waals surface area (Å²) in [6.45, 7) is 1.18. The van der Waals surface area contributed by atoms with Gasteiger partial charge in [0.15, 0.2) is 0 Å². The summed E-state index contributed by atoms with van der Waals surface area (Å²) >= 11 is 0. The standard InChI is InChI=1S/C28H22N2O2/c31-28(32-18-19-9-3-1-4-10-19)24-17-23-22-15-7-13-21-14-8-16-30(26(21)22)27(23)25(29-24)20-11-5-2-6-12-20/h1-7,9-13,15,17H,8,14,16,18H2. The Morgan fingerprint density at radius 2 is 1.66 bits per heavy atom. The van der Waals surface area contributed by atoms with Gasteiger partial charge in [-0.1, -0.05) is 78.9 Å². The average molecular weight is 418 g/mol. The Morgan fingerprint density at radius 3 is 2.47 bits per heavy atom. The number of esters is 1. The van der Waals surface area contributed by atoms with Crippen molar-refractivity contribution in [2.45, 2.75) is 26.0 Å². The third-order valence-electron chi connectivity index (χ3n) is 6.24. The fraction of sp³-hybridized carbons (Fsp3) is 0.143. The van der Waals surface area contributed by atoms with Gasteiger partial charge in [-0.25, -0.2) is 9.78 Å². The Morgan fingerprint density at radius 1 is 0.875 bits per heavy atom. The van der Waals surface area contributed by atoms with E-state index in [-0.39, 0.29) is 6.61 Å². The molecule has 2 aromatic heterocycles. The molecule has 4 heteroatoms. The highest BCUT2D eigenvalue weighted by Gasteiger charge is 2.23. The number of pyridine rings is 1. The van der Waals surface area contributed by atoms with Gasteiger partial charge in [-0.15, -0.1) is 0 Å². The maximum atomic E-state index is 13.0.